The molecule has 5 rings (SSSR count). The molecule has 2 atom stereocenters. The highest BCUT2D eigenvalue weighted by Gasteiger charge is 2.23. The van der Waals surface area contributed by atoms with Gasteiger partial charge in [0.05, 0.1) is 36.9 Å². The lowest BCUT2D eigenvalue weighted by molar-refractivity contribution is 0.122. The highest BCUT2D eigenvalue weighted by molar-refractivity contribution is 5.92. The van der Waals surface area contributed by atoms with E-state index in [2.05, 4.69) is 49.2 Å². The van der Waals surface area contributed by atoms with E-state index in [0.717, 1.165) is 43.5 Å². The molecule has 2 fully saturated rings. The number of rotatable bonds is 4. The summed E-state index contributed by atoms with van der Waals surface area (Å²) in [7, 11) is 0. The molecular formula is C22H28N8O2. The third kappa shape index (κ3) is 4.23. The molecule has 0 bridgehead atoms. The summed E-state index contributed by atoms with van der Waals surface area (Å²) in [5.41, 5.74) is 1.15. The Bertz CT molecular complexity index is 1130. The molecule has 168 valence electrons. The SMILES string of the molecule is CC1CN(c2cc3nc[nH]c(=O)c3c(Nc3ccc(N4CCOCC4)nc3)n2)CC(C)N1. The normalized spacial score (nSPS) is 21.7. The van der Waals surface area contributed by atoms with Crippen LogP contribution in [0.1, 0.15) is 13.8 Å². The fraction of sp³-hybridized carbons (Fsp3) is 0.455. The van der Waals surface area contributed by atoms with E-state index in [4.69, 9.17) is 9.72 Å². The van der Waals surface area contributed by atoms with Gasteiger partial charge in [-0.2, -0.15) is 0 Å². The standard InChI is InChI=1S/C22H28N8O2/c1-14-11-30(12-15(2)26-14)19-9-17-20(22(31)25-13-24-17)21(28-19)27-16-3-4-18(23-10-16)29-5-7-32-8-6-29/h3-4,9-10,13-15,26H,5-8,11-12H2,1-2H3,(H,27,28)(H,24,25,31). The number of nitrogens with one attached hydrogen (secondary N) is 3. The Balaban J connectivity index is 1.47. The van der Waals surface area contributed by atoms with Gasteiger partial charge in [-0.15, -0.1) is 0 Å². The van der Waals surface area contributed by atoms with Crippen LogP contribution in [0.3, 0.4) is 0 Å². The number of anilines is 4. The smallest absolute Gasteiger partial charge is 0.262 e. The van der Waals surface area contributed by atoms with Crippen LogP contribution < -0.4 is 26.0 Å². The van der Waals surface area contributed by atoms with Crippen LogP contribution in [0.5, 0.6) is 0 Å². The van der Waals surface area contributed by atoms with Crippen molar-refractivity contribution in [2.75, 3.05) is 54.5 Å². The van der Waals surface area contributed by atoms with Crippen molar-refractivity contribution in [2.45, 2.75) is 25.9 Å². The van der Waals surface area contributed by atoms with Crippen molar-refractivity contribution in [3.63, 3.8) is 0 Å². The molecule has 3 N–H and O–H groups in total. The highest BCUT2D eigenvalue weighted by atomic mass is 16.5. The van der Waals surface area contributed by atoms with E-state index in [0.29, 0.717) is 42.0 Å². The van der Waals surface area contributed by atoms with Crippen molar-refractivity contribution in [2.24, 2.45) is 0 Å². The van der Waals surface area contributed by atoms with Crippen LogP contribution in [0, 0.1) is 0 Å². The van der Waals surface area contributed by atoms with Crippen molar-refractivity contribution in [1.29, 1.82) is 0 Å². The molecule has 10 nitrogen and oxygen atoms in total. The maximum absolute atomic E-state index is 12.6. The molecule has 0 radical (unpaired) electrons. The maximum Gasteiger partial charge on any atom is 0.262 e. The Hall–Kier alpha value is -3.24. The number of pyridine rings is 2. The topological polar surface area (TPSA) is 111 Å². The van der Waals surface area contributed by atoms with Gasteiger partial charge in [0.25, 0.3) is 5.56 Å². The van der Waals surface area contributed by atoms with Gasteiger partial charge in [0.15, 0.2) is 0 Å². The Labute approximate surface area is 186 Å². The zero-order valence-corrected chi connectivity index (χ0v) is 18.3. The molecular weight excluding hydrogens is 408 g/mol. The predicted molar refractivity (Wildman–Crippen MR) is 125 cm³/mol. The first-order chi connectivity index (χ1) is 15.6. The lowest BCUT2D eigenvalue weighted by Gasteiger charge is -2.37. The second-order valence-electron chi connectivity index (χ2n) is 8.46. The maximum atomic E-state index is 12.6. The molecule has 0 saturated carbocycles. The highest BCUT2D eigenvalue weighted by Crippen LogP contribution is 2.27. The number of ether oxygens (including phenoxy) is 1. The van der Waals surface area contributed by atoms with Gasteiger partial charge in [-0.05, 0) is 26.0 Å². The third-order valence-electron chi connectivity index (χ3n) is 5.84. The van der Waals surface area contributed by atoms with E-state index >= 15 is 0 Å². The minimum absolute atomic E-state index is 0.225. The van der Waals surface area contributed by atoms with Crippen LogP contribution in [0.2, 0.25) is 0 Å². The molecule has 0 spiro atoms. The molecule has 0 aromatic carbocycles. The van der Waals surface area contributed by atoms with Crippen LogP contribution in [0.4, 0.5) is 23.1 Å². The van der Waals surface area contributed by atoms with Gasteiger partial charge in [0.1, 0.15) is 22.8 Å². The molecule has 2 saturated heterocycles. The molecule has 5 heterocycles. The zero-order valence-electron chi connectivity index (χ0n) is 18.3. The number of hydrogen-bond acceptors (Lipinski definition) is 9. The number of H-pyrrole nitrogens is 1. The summed E-state index contributed by atoms with van der Waals surface area (Å²) in [6.07, 6.45) is 3.20. The van der Waals surface area contributed by atoms with Gasteiger partial charge >= 0.3 is 0 Å². The number of aromatic amines is 1. The molecule has 32 heavy (non-hydrogen) atoms. The van der Waals surface area contributed by atoms with Gasteiger partial charge < -0.3 is 30.2 Å². The quantitative estimate of drug-likeness (QED) is 0.560. The Morgan fingerprint density at radius 3 is 2.56 bits per heavy atom. The molecule has 0 amide bonds. The summed E-state index contributed by atoms with van der Waals surface area (Å²) in [4.78, 5) is 33.5. The van der Waals surface area contributed by atoms with Gasteiger partial charge in [-0.1, -0.05) is 0 Å². The van der Waals surface area contributed by atoms with Crippen molar-refractivity contribution in [3.8, 4) is 0 Å². The van der Waals surface area contributed by atoms with Gasteiger partial charge in [0.2, 0.25) is 0 Å². The van der Waals surface area contributed by atoms with Crippen molar-refractivity contribution >= 4 is 34.0 Å². The first-order valence-corrected chi connectivity index (χ1v) is 11.0. The number of fused-ring (bicyclic) bond motifs is 1. The van der Waals surface area contributed by atoms with E-state index in [1.165, 1.54) is 6.33 Å². The average molecular weight is 437 g/mol. The summed E-state index contributed by atoms with van der Waals surface area (Å²) in [6.45, 7) is 9.07. The number of piperazine rings is 1. The van der Waals surface area contributed by atoms with E-state index in [9.17, 15) is 4.79 Å². The van der Waals surface area contributed by atoms with Gasteiger partial charge in [-0.3, -0.25) is 4.79 Å². The Morgan fingerprint density at radius 1 is 1.06 bits per heavy atom. The number of aromatic nitrogens is 4. The number of nitrogens with zero attached hydrogens (tertiary/aromatic N) is 5. The van der Waals surface area contributed by atoms with Crippen molar-refractivity contribution in [1.82, 2.24) is 25.3 Å². The zero-order chi connectivity index (χ0) is 22.1. The predicted octanol–water partition coefficient (Wildman–Crippen LogP) is 1.48. The minimum atomic E-state index is -0.225. The lowest BCUT2D eigenvalue weighted by atomic mass is 10.1. The van der Waals surface area contributed by atoms with E-state index in [1.54, 1.807) is 6.20 Å². The molecule has 10 heteroatoms. The van der Waals surface area contributed by atoms with Gasteiger partial charge in [0, 0.05) is 44.3 Å². The van der Waals surface area contributed by atoms with Crippen molar-refractivity contribution in [3.05, 3.63) is 41.1 Å². The lowest BCUT2D eigenvalue weighted by Crippen LogP contribution is -2.54. The molecule has 2 aliphatic heterocycles. The summed E-state index contributed by atoms with van der Waals surface area (Å²) in [5.74, 6) is 2.19. The molecule has 3 aromatic rings. The minimum Gasteiger partial charge on any atom is -0.378 e. The van der Waals surface area contributed by atoms with Gasteiger partial charge in [-0.25, -0.2) is 15.0 Å². The number of morpholine rings is 1. The van der Waals surface area contributed by atoms with E-state index < -0.39 is 0 Å². The summed E-state index contributed by atoms with van der Waals surface area (Å²) in [5, 5.41) is 7.27. The largest absolute Gasteiger partial charge is 0.378 e. The van der Waals surface area contributed by atoms with Crippen LogP contribution in [-0.2, 0) is 4.74 Å². The molecule has 2 unspecified atom stereocenters. The summed E-state index contributed by atoms with van der Waals surface area (Å²) >= 11 is 0. The Morgan fingerprint density at radius 2 is 1.84 bits per heavy atom. The number of hydrogen-bond donors (Lipinski definition) is 3. The van der Waals surface area contributed by atoms with Crippen LogP contribution in [-0.4, -0.2) is 71.4 Å². The van der Waals surface area contributed by atoms with Crippen LogP contribution in [0.15, 0.2) is 35.5 Å². The Kier molecular flexibility index (Phi) is 5.62. The first-order valence-electron chi connectivity index (χ1n) is 11.0. The second kappa shape index (κ2) is 8.71. The van der Waals surface area contributed by atoms with E-state index in [-0.39, 0.29) is 5.56 Å². The van der Waals surface area contributed by atoms with Crippen LogP contribution >= 0.6 is 0 Å². The molecule has 0 aliphatic carbocycles. The average Bonchev–Trinajstić information content (AvgIpc) is 2.79. The first kappa shape index (κ1) is 20.7. The second-order valence-corrected chi connectivity index (χ2v) is 8.46. The molecule has 3 aromatic heterocycles. The summed E-state index contributed by atoms with van der Waals surface area (Å²) < 4.78 is 5.41. The monoisotopic (exact) mass is 436 g/mol. The van der Waals surface area contributed by atoms with E-state index in [1.807, 2.05) is 18.2 Å². The molecule has 2 aliphatic rings. The van der Waals surface area contributed by atoms with Crippen molar-refractivity contribution < 1.29 is 4.74 Å². The van der Waals surface area contributed by atoms with Crippen LogP contribution in [0.25, 0.3) is 10.9 Å². The summed E-state index contributed by atoms with van der Waals surface area (Å²) in [6, 6.07) is 6.51. The third-order valence-corrected chi connectivity index (χ3v) is 5.84. The fourth-order valence-electron chi connectivity index (χ4n) is 4.42. The fourth-order valence-corrected chi connectivity index (χ4v) is 4.42.